The Bertz CT molecular complexity index is 252. The molecule has 0 bridgehead atoms. The van der Waals surface area contributed by atoms with E-state index in [2.05, 4.69) is 51.1 Å². The molecule has 0 aliphatic heterocycles. The molecule has 0 fully saturated rings. The van der Waals surface area contributed by atoms with Gasteiger partial charge in [-0.1, -0.05) is 35.9 Å². The molecule has 0 aliphatic rings. The van der Waals surface area contributed by atoms with Crippen LogP contribution in [0.4, 0.5) is 0 Å². The van der Waals surface area contributed by atoms with E-state index in [0.717, 1.165) is 0 Å². The lowest BCUT2D eigenvalue weighted by Gasteiger charge is -1.99. The van der Waals surface area contributed by atoms with Crippen molar-refractivity contribution in [2.45, 2.75) is 20.8 Å². The Labute approximate surface area is 68.6 Å². The topological polar surface area (TPSA) is 0 Å². The summed E-state index contributed by atoms with van der Waals surface area (Å²) in [5, 5.41) is 0. The van der Waals surface area contributed by atoms with Crippen LogP contribution in [-0.2, 0) is 0 Å². The van der Waals surface area contributed by atoms with Crippen molar-refractivity contribution in [1.82, 2.24) is 0 Å². The van der Waals surface area contributed by atoms with Gasteiger partial charge >= 0.3 is 0 Å². The number of hydrogen-bond acceptors (Lipinski definition) is 0. The molecule has 0 radical (unpaired) electrons. The van der Waals surface area contributed by atoms with E-state index in [1.165, 1.54) is 16.7 Å². The molecule has 0 atom stereocenters. The van der Waals surface area contributed by atoms with Gasteiger partial charge in [-0.05, 0) is 31.9 Å². The first-order valence-electron chi connectivity index (χ1n) is 3.94. The van der Waals surface area contributed by atoms with Crippen LogP contribution >= 0.6 is 0 Å². The lowest BCUT2D eigenvalue weighted by atomic mass is 10.1. The second-order valence-corrected chi connectivity index (χ2v) is 2.84. The van der Waals surface area contributed by atoms with Gasteiger partial charge < -0.3 is 0 Å². The van der Waals surface area contributed by atoms with Crippen LogP contribution in [0.2, 0.25) is 0 Å². The van der Waals surface area contributed by atoms with E-state index in [1.54, 1.807) is 0 Å². The Kier molecular flexibility index (Phi) is 2.48. The van der Waals surface area contributed by atoms with Gasteiger partial charge in [0.15, 0.2) is 0 Å². The third kappa shape index (κ3) is 1.94. The molecule has 0 aliphatic carbocycles. The number of aryl methyl sites for hydroxylation is 1. The van der Waals surface area contributed by atoms with Gasteiger partial charge in [0, 0.05) is 0 Å². The third-order valence-electron chi connectivity index (χ3n) is 1.94. The van der Waals surface area contributed by atoms with Crippen LogP contribution in [0.5, 0.6) is 0 Å². The summed E-state index contributed by atoms with van der Waals surface area (Å²) in [7, 11) is 0. The zero-order valence-electron chi connectivity index (χ0n) is 7.39. The molecule has 0 aromatic heterocycles. The lowest BCUT2D eigenvalue weighted by molar-refractivity contribution is 1.44. The van der Waals surface area contributed by atoms with Crippen LogP contribution in [0.15, 0.2) is 30.3 Å². The van der Waals surface area contributed by atoms with Crippen LogP contribution in [0, 0.1) is 6.92 Å². The molecular formula is C11H14. The quantitative estimate of drug-likeness (QED) is 0.569. The van der Waals surface area contributed by atoms with E-state index in [1.807, 2.05) is 0 Å². The van der Waals surface area contributed by atoms with Crippen molar-refractivity contribution in [1.29, 1.82) is 0 Å². The van der Waals surface area contributed by atoms with Crippen molar-refractivity contribution in [3.8, 4) is 0 Å². The van der Waals surface area contributed by atoms with Crippen LogP contribution < -0.4 is 0 Å². The minimum atomic E-state index is 1.32. The summed E-state index contributed by atoms with van der Waals surface area (Å²) >= 11 is 0. The zero-order chi connectivity index (χ0) is 8.27. The van der Waals surface area contributed by atoms with Gasteiger partial charge in [-0.25, -0.2) is 0 Å². The highest BCUT2D eigenvalue weighted by Crippen LogP contribution is 2.13. The van der Waals surface area contributed by atoms with Crippen molar-refractivity contribution in [3.05, 3.63) is 41.5 Å². The average molecular weight is 146 g/mol. The van der Waals surface area contributed by atoms with E-state index >= 15 is 0 Å². The van der Waals surface area contributed by atoms with Crippen molar-refractivity contribution in [2.75, 3.05) is 0 Å². The molecule has 1 aromatic rings. The summed E-state index contributed by atoms with van der Waals surface area (Å²) in [5.41, 5.74) is 3.97. The molecule has 0 heteroatoms. The van der Waals surface area contributed by atoms with E-state index in [9.17, 15) is 0 Å². The van der Waals surface area contributed by atoms with Gasteiger partial charge in [0.2, 0.25) is 0 Å². The molecule has 0 saturated heterocycles. The first-order valence-corrected chi connectivity index (χ1v) is 3.94. The van der Waals surface area contributed by atoms with Crippen molar-refractivity contribution < 1.29 is 0 Å². The highest BCUT2D eigenvalue weighted by Gasteiger charge is 1.91. The monoisotopic (exact) mass is 146 g/mol. The van der Waals surface area contributed by atoms with Crippen molar-refractivity contribution in [2.24, 2.45) is 0 Å². The highest BCUT2D eigenvalue weighted by atomic mass is 14.0. The minimum Gasteiger partial charge on any atom is -0.0841 e. The van der Waals surface area contributed by atoms with E-state index in [4.69, 9.17) is 0 Å². The normalized spacial score (nSPS) is 11.7. The Morgan fingerprint density at radius 1 is 1.18 bits per heavy atom. The zero-order valence-corrected chi connectivity index (χ0v) is 7.39. The van der Waals surface area contributed by atoms with Gasteiger partial charge in [0.05, 0.1) is 0 Å². The second-order valence-electron chi connectivity index (χ2n) is 2.84. The smallest absolute Gasteiger partial charge is 0.0230 e. The summed E-state index contributed by atoms with van der Waals surface area (Å²) in [6.45, 7) is 6.30. The van der Waals surface area contributed by atoms with Crippen LogP contribution in [-0.4, -0.2) is 0 Å². The molecular weight excluding hydrogens is 132 g/mol. The van der Waals surface area contributed by atoms with Gasteiger partial charge in [0.1, 0.15) is 0 Å². The predicted molar refractivity (Wildman–Crippen MR) is 50.5 cm³/mol. The minimum absolute atomic E-state index is 1.32. The third-order valence-corrected chi connectivity index (χ3v) is 1.94. The molecule has 0 saturated carbocycles. The Morgan fingerprint density at radius 2 is 1.73 bits per heavy atom. The standard InChI is InChI=1S/C11H14/c1-4-10(3)11-7-5-9(2)6-8-11/h4-8H,1-3H3/b10-4-. The molecule has 1 aromatic carbocycles. The molecule has 1 rings (SSSR count). The summed E-state index contributed by atoms with van der Waals surface area (Å²) in [6.07, 6.45) is 2.13. The first kappa shape index (κ1) is 8.06. The SMILES string of the molecule is C/C=C(/C)c1ccc(C)cc1. The van der Waals surface area contributed by atoms with Gasteiger partial charge in [-0.2, -0.15) is 0 Å². The van der Waals surface area contributed by atoms with Gasteiger partial charge in [0.25, 0.3) is 0 Å². The maximum absolute atomic E-state index is 2.16. The van der Waals surface area contributed by atoms with Crippen LogP contribution in [0.1, 0.15) is 25.0 Å². The summed E-state index contributed by atoms with van der Waals surface area (Å²) in [5.74, 6) is 0. The highest BCUT2D eigenvalue weighted by molar-refractivity contribution is 5.63. The second kappa shape index (κ2) is 3.38. The number of hydrogen-bond donors (Lipinski definition) is 0. The molecule has 0 spiro atoms. The van der Waals surface area contributed by atoms with Gasteiger partial charge in [-0.3, -0.25) is 0 Å². The summed E-state index contributed by atoms with van der Waals surface area (Å²) < 4.78 is 0. The van der Waals surface area contributed by atoms with E-state index in [-0.39, 0.29) is 0 Å². The predicted octanol–water partition coefficient (Wildman–Crippen LogP) is 3.42. The molecule has 0 unspecified atom stereocenters. The maximum atomic E-state index is 2.16. The largest absolute Gasteiger partial charge is 0.0841 e. The van der Waals surface area contributed by atoms with E-state index in [0.29, 0.717) is 0 Å². The Balaban J connectivity index is 2.99. The van der Waals surface area contributed by atoms with Gasteiger partial charge in [-0.15, -0.1) is 0 Å². The fourth-order valence-electron chi connectivity index (χ4n) is 0.983. The fourth-order valence-corrected chi connectivity index (χ4v) is 0.983. The van der Waals surface area contributed by atoms with Crippen LogP contribution in [0.25, 0.3) is 5.57 Å². The molecule has 0 nitrogen and oxygen atoms in total. The molecule has 58 valence electrons. The fraction of sp³-hybridized carbons (Fsp3) is 0.273. The molecule has 0 N–H and O–H groups in total. The Morgan fingerprint density at radius 3 is 2.18 bits per heavy atom. The van der Waals surface area contributed by atoms with Crippen molar-refractivity contribution in [3.63, 3.8) is 0 Å². The molecule has 0 heterocycles. The number of benzene rings is 1. The Hall–Kier alpha value is -1.04. The summed E-state index contributed by atoms with van der Waals surface area (Å²) in [6, 6.07) is 8.60. The average Bonchev–Trinajstić information content (AvgIpc) is 2.05. The number of rotatable bonds is 1. The molecule has 0 amide bonds. The number of allylic oxidation sites excluding steroid dienone is 2. The lowest BCUT2D eigenvalue weighted by Crippen LogP contribution is -1.78. The summed E-state index contributed by atoms with van der Waals surface area (Å²) in [4.78, 5) is 0. The van der Waals surface area contributed by atoms with Crippen molar-refractivity contribution >= 4 is 5.57 Å². The van der Waals surface area contributed by atoms with E-state index < -0.39 is 0 Å². The maximum Gasteiger partial charge on any atom is -0.0230 e. The van der Waals surface area contributed by atoms with Crippen LogP contribution in [0.3, 0.4) is 0 Å². The first-order chi connectivity index (χ1) is 5.24. The molecule has 11 heavy (non-hydrogen) atoms.